The molecule has 0 unspecified atom stereocenters. The van der Waals surface area contributed by atoms with Crippen LogP contribution in [-0.2, 0) is 22.4 Å². The van der Waals surface area contributed by atoms with Crippen LogP contribution in [0.25, 0.3) is 0 Å². The van der Waals surface area contributed by atoms with E-state index < -0.39 is 18.2 Å². The average molecular weight is 560 g/mol. The Labute approximate surface area is 200 Å². The summed E-state index contributed by atoms with van der Waals surface area (Å²) in [5.74, 6) is 2.59. The summed E-state index contributed by atoms with van der Waals surface area (Å²) in [5, 5.41) is 3.81. The standard InChI is InChI=1S/C21H21O3P.Ag.ClHO4/c1-22-16-4-10-19(11-5-16)25(20-12-6-17(23-2)7-13-20)21-14-8-18(24-3)9-15-21;;2-1(3,4)5/h4-15H,1-3H3;;(H,2,3,4,5)/q;+1;/p-1. The monoisotopic (exact) mass is 558 g/mol. The Hall–Kier alpha value is -1.64. The molecule has 0 radical (unpaired) electrons. The summed E-state index contributed by atoms with van der Waals surface area (Å²) in [5.41, 5.74) is 0. The van der Waals surface area contributed by atoms with Gasteiger partial charge in [-0.3, -0.25) is 0 Å². The normalized spacial score (nSPS) is 10.5. The van der Waals surface area contributed by atoms with E-state index >= 15 is 0 Å². The second-order valence-electron chi connectivity index (χ2n) is 5.81. The first-order valence-electron chi connectivity index (χ1n) is 8.59. The molecule has 0 N–H and O–H groups in total. The van der Waals surface area contributed by atoms with E-state index in [9.17, 15) is 0 Å². The van der Waals surface area contributed by atoms with Crippen LogP contribution >= 0.6 is 7.92 Å². The van der Waals surface area contributed by atoms with Gasteiger partial charge < -0.3 is 14.2 Å². The minimum Gasteiger partial charge on any atom is -0.497 e. The van der Waals surface area contributed by atoms with Gasteiger partial charge in [-0.05, 0) is 60.2 Å². The van der Waals surface area contributed by atoms with E-state index in [1.165, 1.54) is 15.9 Å². The third kappa shape index (κ3) is 9.17. The van der Waals surface area contributed by atoms with Crippen LogP contribution in [0.5, 0.6) is 17.2 Å². The Bertz CT molecular complexity index is 782. The average Bonchev–Trinajstić information content (AvgIpc) is 2.74. The molecule has 0 saturated heterocycles. The van der Waals surface area contributed by atoms with Crippen molar-refractivity contribution >= 4 is 23.8 Å². The molecule has 0 aliphatic rings. The summed E-state index contributed by atoms with van der Waals surface area (Å²) in [6.45, 7) is 0. The van der Waals surface area contributed by atoms with E-state index in [0.717, 1.165) is 17.2 Å². The zero-order valence-corrected chi connectivity index (χ0v) is 20.0. The summed E-state index contributed by atoms with van der Waals surface area (Å²) in [6, 6.07) is 24.9. The predicted octanol–water partition coefficient (Wildman–Crippen LogP) is -1.29. The van der Waals surface area contributed by atoms with Crippen LogP contribution in [0.15, 0.2) is 72.8 Å². The van der Waals surface area contributed by atoms with E-state index in [1.54, 1.807) is 21.3 Å². The fraction of sp³-hybridized carbons (Fsp3) is 0.143. The molecule has 0 fully saturated rings. The van der Waals surface area contributed by atoms with Crippen molar-refractivity contribution in [3.8, 4) is 17.2 Å². The van der Waals surface area contributed by atoms with Crippen molar-refractivity contribution in [2.75, 3.05) is 21.3 Å². The Morgan fingerprint density at radius 3 is 0.871 bits per heavy atom. The smallest absolute Gasteiger partial charge is 0.497 e. The van der Waals surface area contributed by atoms with Gasteiger partial charge in [-0.2, -0.15) is 0 Å². The van der Waals surface area contributed by atoms with E-state index in [1.807, 2.05) is 36.4 Å². The fourth-order valence-corrected chi connectivity index (χ4v) is 4.88. The number of rotatable bonds is 6. The number of hydrogen-bond donors (Lipinski definition) is 0. The zero-order chi connectivity index (χ0) is 22.1. The number of benzene rings is 3. The molecule has 0 bridgehead atoms. The Morgan fingerprint density at radius 1 is 0.516 bits per heavy atom. The van der Waals surface area contributed by atoms with Gasteiger partial charge in [-0.25, -0.2) is 18.6 Å². The van der Waals surface area contributed by atoms with E-state index in [2.05, 4.69) is 36.4 Å². The van der Waals surface area contributed by atoms with E-state index in [-0.39, 0.29) is 22.4 Å². The molecular formula is C21H21AgClO7P. The van der Waals surface area contributed by atoms with Crippen molar-refractivity contribution < 1.29 is 65.5 Å². The second kappa shape index (κ2) is 13.0. The molecular weight excluding hydrogens is 539 g/mol. The Morgan fingerprint density at radius 2 is 0.710 bits per heavy atom. The van der Waals surface area contributed by atoms with Crippen molar-refractivity contribution in [2.45, 2.75) is 0 Å². The van der Waals surface area contributed by atoms with Crippen molar-refractivity contribution in [1.82, 2.24) is 0 Å². The molecule has 7 nitrogen and oxygen atoms in total. The van der Waals surface area contributed by atoms with Crippen molar-refractivity contribution in [3.63, 3.8) is 0 Å². The van der Waals surface area contributed by atoms with Crippen LogP contribution in [0.4, 0.5) is 0 Å². The van der Waals surface area contributed by atoms with Gasteiger partial charge in [0.1, 0.15) is 17.2 Å². The molecule has 3 aromatic carbocycles. The molecule has 0 aliphatic carbocycles. The van der Waals surface area contributed by atoms with Crippen LogP contribution in [0, 0.1) is 10.2 Å². The fourth-order valence-electron chi connectivity index (χ4n) is 2.64. The molecule has 0 amide bonds. The Balaban J connectivity index is 0.000000721. The largest absolute Gasteiger partial charge is 1.00 e. The molecule has 0 aromatic heterocycles. The first-order chi connectivity index (χ1) is 14.2. The number of ether oxygens (including phenoxy) is 3. The number of halogens is 1. The minimum atomic E-state index is -4.94. The van der Waals surface area contributed by atoms with Gasteiger partial charge in [0, 0.05) is 0 Å². The summed E-state index contributed by atoms with van der Waals surface area (Å²) < 4.78 is 49.9. The minimum absolute atomic E-state index is 0. The Kier molecular flexibility index (Phi) is 11.5. The molecule has 0 atom stereocenters. The van der Waals surface area contributed by atoms with Gasteiger partial charge >= 0.3 is 22.4 Å². The summed E-state index contributed by atoms with van der Waals surface area (Å²) in [6.07, 6.45) is 0. The summed E-state index contributed by atoms with van der Waals surface area (Å²) in [7, 11) is -0.553. The first kappa shape index (κ1) is 27.4. The maximum atomic E-state index is 8.49. The van der Waals surface area contributed by atoms with Gasteiger partial charge in [-0.15, -0.1) is 10.2 Å². The van der Waals surface area contributed by atoms with Crippen LogP contribution in [-0.4, -0.2) is 21.3 Å². The van der Waals surface area contributed by atoms with Crippen molar-refractivity contribution in [3.05, 3.63) is 72.8 Å². The van der Waals surface area contributed by atoms with E-state index in [0.29, 0.717) is 0 Å². The second-order valence-corrected chi connectivity index (χ2v) is 8.78. The maximum absolute atomic E-state index is 8.49. The maximum Gasteiger partial charge on any atom is 1.00 e. The van der Waals surface area contributed by atoms with Crippen LogP contribution < -0.4 is 48.8 Å². The SMILES string of the molecule is COc1ccc(P(c2ccc(OC)cc2)c2ccc(OC)cc2)cc1.[Ag+].[O-][Cl+3]([O-])([O-])[O-]. The van der Waals surface area contributed by atoms with Gasteiger partial charge in [0.2, 0.25) is 0 Å². The van der Waals surface area contributed by atoms with Gasteiger partial charge in [0.05, 0.1) is 21.3 Å². The van der Waals surface area contributed by atoms with Crippen LogP contribution in [0.1, 0.15) is 0 Å². The zero-order valence-electron chi connectivity index (χ0n) is 16.9. The predicted molar refractivity (Wildman–Crippen MR) is 105 cm³/mol. The van der Waals surface area contributed by atoms with Gasteiger partial charge in [0.15, 0.2) is 0 Å². The number of methoxy groups -OCH3 is 3. The molecule has 0 heterocycles. The van der Waals surface area contributed by atoms with Crippen molar-refractivity contribution in [1.29, 1.82) is 0 Å². The topological polar surface area (TPSA) is 120 Å². The quantitative estimate of drug-likeness (QED) is 0.272. The molecule has 31 heavy (non-hydrogen) atoms. The van der Waals surface area contributed by atoms with Gasteiger partial charge in [0.25, 0.3) is 0 Å². The molecule has 0 saturated carbocycles. The summed E-state index contributed by atoms with van der Waals surface area (Å²) in [4.78, 5) is 0. The van der Waals surface area contributed by atoms with Crippen LogP contribution in [0.3, 0.4) is 0 Å². The third-order valence-electron chi connectivity index (χ3n) is 3.99. The molecule has 0 aliphatic heterocycles. The van der Waals surface area contributed by atoms with E-state index in [4.69, 9.17) is 32.8 Å². The molecule has 0 spiro atoms. The molecule has 3 rings (SSSR count). The number of hydrogen-bond acceptors (Lipinski definition) is 7. The van der Waals surface area contributed by atoms with Crippen molar-refractivity contribution in [2.24, 2.45) is 0 Å². The van der Waals surface area contributed by atoms with Crippen LogP contribution in [0.2, 0.25) is 0 Å². The van der Waals surface area contributed by atoms with Gasteiger partial charge in [-0.1, -0.05) is 36.4 Å². The third-order valence-corrected chi connectivity index (χ3v) is 6.44. The molecule has 10 heteroatoms. The first-order valence-corrected chi connectivity index (χ1v) is 11.2. The molecule has 170 valence electrons. The molecule has 3 aromatic rings. The summed E-state index contributed by atoms with van der Waals surface area (Å²) >= 11 is 0.